The van der Waals surface area contributed by atoms with E-state index in [0.717, 1.165) is 43.1 Å². The number of piperazine rings is 1. The van der Waals surface area contributed by atoms with Gasteiger partial charge in [0.05, 0.1) is 29.5 Å². The number of hydrogen-bond donors (Lipinski definition) is 0. The average molecular weight is 339 g/mol. The van der Waals surface area contributed by atoms with Gasteiger partial charge < -0.3 is 4.90 Å². The van der Waals surface area contributed by atoms with Gasteiger partial charge in [0.15, 0.2) is 9.84 Å². The highest BCUT2D eigenvalue weighted by Crippen LogP contribution is 2.26. The Morgan fingerprint density at radius 3 is 2.52 bits per heavy atom. The van der Waals surface area contributed by atoms with E-state index >= 15 is 0 Å². The van der Waals surface area contributed by atoms with Crippen LogP contribution < -0.4 is 0 Å². The van der Waals surface area contributed by atoms with E-state index in [0.29, 0.717) is 6.42 Å². The summed E-state index contributed by atoms with van der Waals surface area (Å²) >= 11 is 0. The molecule has 0 unspecified atom stereocenters. The number of likely N-dealkylation sites (N-methyl/N-ethyl adjacent to an activating group) is 1. The van der Waals surface area contributed by atoms with Crippen molar-refractivity contribution >= 4 is 16.1 Å². The van der Waals surface area contributed by atoms with E-state index < -0.39 is 9.84 Å². The number of aryl methyl sites for hydroxylation is 1. The van der Waals surface area contributed by atoms with Crippen molar-refractivity contribution in [3.05, 3.63) is 17.0 Å². The highest BCUT2D eigenvalue weighted by atomic mass is 32.2. The van der Waals surface area contributed by atoms with Gasteiger partial charge in [-0.2, -0.15) is 10.2 Å². The number of aromatic nitrogens is 2. The molecule has 3 heterocycles. The fraction of sp³-hybridized carbons (Fsp3) is 0.733. The summed E-state index contributed by atoms with van der Waals surface area (Å²) in [6.45, 7) is 7.86. The van der Waals surface area contributed by atoms with Gasteiger partial charge >= 0.3 is 0 Å². The molecule has 0 amide bonds. The monoisotopic (exact) mass is 339 g/mol. The van der Waals surface area contributed by atoms with Crippen molar-refractivity contribution in [1.29, 1.82) is 0 Å². The van der Waals surface area contributed by atoms with E-state index in [1.165, 1.54) is 0 Å². The normalized spacial score (nSPS) is 25.5. The Hall–Kier alpha value is -1.41. The first kappa shape index (κ1) is 16.4. The maximum atomic E-state index is 11.7. The lowest BCUT2D eigenvalue weighted by atomic mass is 10.2. The van der Waals surface area contributed by atoms with Gasteiger partial charge in [-0.1, -0.05) is 0 Å². The SMILES string of the molecule is Cc1nn([C@H]2CCS(=O)(=O)C2)c(C)c1/C=N\N1CCN(C)CC1. The molecule has 8 heteroatoms. The zero-order valence-corrected chi connectivity index (χ0v) is 14.9. The van der Waals surface area contributed by atoms with Crippen LogP contribution in [-0.2, 0) is 9.84 Å². The molecule has 2 saturated heterocycles. The Morgan fingerprint density at radius 2 is 1.91 bits per heavy atom. The van der Waals surface area contributed by atoms with Gasteiger partial charge in [-0.25, -0.2) is 8.42 Å². The van der Waals surface area contributed by atoms with E-state index in [1.807, 2.05) is 24.7 Å². The fourth-order valence-corrected chi connectivity index (χ4v) is 4.93. The first-order chi connectivity index (χ1) is 10.9. The average Bonchev–Trinajstić information content (AvgIpc) is 2.99. The molecule has 7 nitrogen and oxygen atoms in total. The molecule has 23 heavy (non-hydrogen) atoms. The van der Waals surface area contributed by atoms with Crippen molar-refractivity contribution in [1.82, 2.24) is 19.7 Å². The predicted molar refractivity (Wildman–Crippen MR) is 90.7 cm³/mol. The second kappa shape index (κ2) is 6.24. The zero-order chi connectivity index (χ0) is 16.6. The van der Waals surface area contributed by atoms with Crippen molar-refractivity contribution < 1.29 is 8.42 Å². The molecule has 1 atom stereocenters. The van der Waals surface area contributed by atoms with Crippen LogP contribution in [0.1, 0.15) is 29.4 Å². The third-order valence-corrected chi connectivity index (χ3v) is 6.52. The maximum absolute atomic E-state index is 11.7. The van der Waals surface area contributed by atoms with Crippen molar-refractivity contribution in [2.24, 2.45) is 5.10 Å². The minimum Gasteiger partial charge on any atom is -0.303 e. The topological polar surface area (TPSA) is 70.8 Å². The molecule has 0 saturated carbocycles. The summed E-state index contributed by atoms with van der Waals surface area (Å²) in [7, 11) is -0.786. The van der Waals surface area contributed by atoms with Gasteiger partial charge in [-0.3, -0.25) is 9.69 Å². The molecule has 0 radical (unpaired) electrons. The molecule has 0 bridgehead atoms. The molecule has 1 aromatic heterocycles. The molecule has 0 spiro atoms. The number of sulfone groups is 1. The standard InChI is InChI=1S/C15H25N5O2S/c1-12-15(10-16-19-7-5-18(3)6-8-19)13(2)20(17-12)14-4-9-23(21,22)11-14/h10,14H,4-9,11H2,1-3H3/b16-10-/t14-/m0/s1. The van der Waals surface area contributed by atoms with Crippen molar-refractivity contribution in [3.63, 3.8) is 0 Å². The quantitative estimate of drug-likeness (QED) is 0.748. The van der Waals surface area contributed by atoms with Gasteiger partial charge in [0.2, 0.25) is 0 Å². The molecule has 0 aliphatic carbocycles. The second-order valence-corrected chi connectivity index (χ2v) is 8.82. The first-order valence-electron chi connectivity index (χ1n) is 8.09. The second-order valence-electron chi connectivity index (χ2n) is 6.59. The minimum atomic E-state index is -2.91. The number of hydrazone groups is 1. The van der Waals surface area contributed by atoms with Gasteiger partial charge in [0.25, 0.3) is 0 Å². The van der Waals surface area contributed by atoms with E-state index in [1.54, 1.807) is 0 Å². The third-order valence-electron chi connectivity index (χ3n) is 4.77. The molecule has 3 rings (SSSR count). The molecular weight excluding hydrogens is 314 g/mol. The van der Waals surface area contributed by atoms with Gasteiger partial charge in [0.1, 0.15) is 0 Å². The lowest BCUT2D eigenvalue weighted by Gasteiger charge is -2.30. The van der Waals surface area contributed by atoms with Crippen LogP contribution in [0.2, 0.25) is 0 Å². The molecule has 2 aliphatic heterocycles. The smallest absolute Gasteiger partial charge is 0.152 e. The molecule has 0 N–H and O–H groups in total. The molecule has 1 aromatic rings. The summed E-state index contributed by atoms with van der Waals surface area (Å²) in [6, 6.07) is -0.0375. The summed E-state index contributed by atoms with van der Waals surface area (Å²) < 4.78 is 25.3. The van der Waals surface area contributed by atoms with Crippen LogP contribution in [0.15, 0.2) is 5.10 Å². The van der Waals surface area contributed by atoms with Gasteiger partial charge in [0, 0.05) is 37.4 Å². The summed E-state index contributed by atoms with van der Waals surface area (Å²) in [5, 5.41) is 11.2. The van der Waals surface area contributed by atoms with Crippen LogP contribution >= 0.6 is 0 Å². The number of nitrogens with zero attached hydrogens (tertiary/aromatic N) is 5. The van der Waals surface area contributed by atoms with Crippen LogP contribution in [0.4, 0.5) is 0 Å². The van der Waals surface area contributed by atoms with Gasteiger partial charge in [-0.15, -0.1) is 0 Å². The van der Waals surface area contributed by atoms with Crippen LogP contribution in [0.25, 0.3) is 0 Å². The third kappa shape index (κ3) is 3.58. The van der Waals surface area contributed by atoms with Crippen molar-refractivity contribution in [3.8, 4) is 0 Å². The Bertz CT molecular complexity index is 702. The molecule has 2 aliphatic rings. The lowest BCUT2D eigenvalue weighted by molar-refractivity contribution is 0.159. The molecular formula is C15H25N5O2S. The van der Waals surface area contributed by atoms with Crippen LogP contribution in [0.3, 0.4) is 0 Å². The Labute approximate surface area is 137 Å². The number of rotatable bonds is 3. The van der Waals surface area contributed by atoms with Crippen molar-refractivity contribution in [2.75, 3.05) is 44.7 Å². The highest BCUT2D eigenvalue weighted by Gasteiger charge is 2.31. The highest BCUT2D eigenvalue weighted by molar-refractivity contribution is 7.91. The molecule has 0 aromatic carbocycles. The van der Waals surface area contributed by atoms with E-state index in [9.17, 15) is 8.42 Å². The summed E-state index contributed by atoms with van der Waals surface area (Å²) in [6.07, 6.45) is 2.53. The Balaban J connectivity index is 1.76. The van der Waals surface area contributed by atoms with Crippen molar-refractivity contribution in [2.45, 2.75) is 26.3 Å². The lowest BCUT2D eigenvalue weighted by Crippen LogP contribution is -2.41. The molecule has 2 fully saturated rings. The summed E-state index contributed by atoms with van der Waals surface area (Å²) in [4.78, 5) is 2.29. The predicted octanol–water partition coefficient (Wildman–Crippen LogP) is 0.441. The molecule has 128 valence electrons. The zero-order valence-electron chi connectivity index (χ0n) is 14.1. The number of hydrogen-bond acceptors (Lipinski definition) is 6. The largest absolute Gasteiger partial charge is 0.303 e. The van der Waals surface area contributed by atoms with Gasteiger partial charge in [-0.05, 0) is 27.3 Å². The fourth-order valence-electron chi connectivity index (χ4n) is 3.24. The van der Waals surface area contributed by atoms with Crippen LogP contribution in [-0.4, -0.2) is 79.1 Å². The van der Waals surface area contributed by atoms with E-state index in [2.05, 4.69) is 27.2 Å². The maximum Gasteiger partial charge on any atom is 0.152 e. The summed E-state index contributed by atoms with van der Waals surface area (Å²) in [5.74, 6) is 0.463. The Kier molecular flexibility index (Phi) is 4.46. The van der Waals surface area contributed by atoms with Crippen LogP contribution in [0.5, 0.6) is 0 Å². The van der Waals surface area contributed by atoms with E-state index in [-0.39, 0.29) is 17.5 Å². The Morgan fingerprint density at radius 1 is 1.22 bits per heavy atom. The minimum absolute atomic E-state index is 0.0375. The van der Waals surface area contributed by atoms with E-state index in [4.69, 9.17) is 0 Å². The van der Waals surface area contributed by atoms with Crippen LogP contribution in [0, 0.1) is 13.8 Å². The summed E-state index contributed by atoms with van der Waals surface area (Å²) in [5.41, 5.74) is 2.92. The first-order valence-corrected chi connectivity index (χ1v) is 9.91.